The van der Waals surface area contributed by atoms with E-state index in [0.717, 1.165) is 49.4 Å². The molecule has 0 bridgehead atoms. The fourth-order valence-corrected chi connectivity index (χ4v) is 4.21. The highest BCUT2D eigenvalue weighted by Gasteiger charge is 2.18. The number of halogens is 1. The van der Waals surface area contributed by atoms with Crippen LogP contribution in [0.4, 0.5) is 5.69 Å². The molecule has 0 unspecified atom stereocenters. The molecule has 8 heteroatoms. The Balaban J connectivity index is 1.57. The molecule has 1 amide bonds. The maximum absolute atomic E-state index is 13.0. The first kappa shape index (κ1) is 23.1. The summed E-state index contributed by atoms with van der Waals surface area (Å²) in [5.74, 6) is 2.51. The SMILES string of the molecule is CCCOc1c(Cl)cc(C(=O)Nc2cccc(-c3nnc4n3CCCCC4)c2)cc1OCC. The second-order valence-corrected chi connectivity index (χ2v) is 8.41. The Hall–Kier alpha value is -3.06. The van der Waals surface area contributed by atoms with E-state index in [1.807, 2.05) is 38.1 Å². The number of anilines is 1. The van der Waals surface area contributed by atoms with Gasteiger partial charge in [-0.3, -0.25) is 4.79 Å². The van der Waals surface area contributed by atoms with Crippen LogP contribution in [-0.2, 0) is 13.0 Å². The van der Waals surface area contributed by atoms with Gasteiger partial charge in [-0.05, 0) is 50.5 Å². The van der Waals surface area contributed by atoms with Gasteiger partial charge in [0.2, 0.25) is 0 Å². The third-order valence-corrected chi connectivity index (χ3v) is 5.79. The fraction of sp³-hybridized carbons (Fsp3) is 0.400. The van der Waals surface area contributed by atoms with Crippen molar-refractivity contribution >= 4 is 23.2 Å². The summed E-state index contributed by atoms with van der Waals surface area (Å²) in [6, 6.07) is 10.9. The Labute approximate surface area is 199 Å². The van der Waals surface area contributed by atoms with Gasteiger partial charge in [-0.1, -0.05) is 37.1 Å². The minimum Gasteiger partial charge on any atom is -0.490 e. The van der Waals surface area contributed by atoms with Crippen molar-refractivity contribution in [3.8, 4) is 22.9 Å². The molecular formula is C25H29ClN4O3. The predicted octanol–water partition coefficient (Wildman–Crippen LogP) is 5.76. The van der Waals surface area contributed by atoms with E-state index in [-0.39, 0.29) is 5.91 Å². The number of carbonyl (C=O) groups excluding carboxylic acids is 1. The third kappa shape index (κ3) is 5.30. The third-order valence-electron chi connectivity index (χ3n) is 5.51. The normalized spacial score (nSPS) is 13.2. The number of hydrogen-bond donors (Lipinski definition) is 1. The molecule has 33 heavy (non-hydrogen) atoms. The van der Waals surface area contributed by atoms with Crippen LogP contribution in [0, 0.1) is 0 Å². The Bertz CT molecular complexity index is 1130. The van der Waals surface area contributed by atoms with Crippen LogP contribution in [0.3, 0.4) is 0 Å². The van der Waals surface area contributed by atoms with E-state index >= 15 is 0 Å². The molecule has 1 aliphatic rings. The zero-order valence-electron chi connectivity index (χ0n) is 19.1. The van der Waals surface area contributed by atoms with Crippen LogP contribution in [0.25, 0.3) is 11.4 Å². The molecule has 0 atom stereocenters. The van der Waals surface area contributed by atoms with Crippen molar-refractivity contribution in [1.82, 2.24) is 14.8 Å². The fourth-order valence-electron chi connectivity index (χ4n) is 3.94. The number of amides is 1. The van der Waals surface area contributed by atoms with Crippen molar-refractivity contribution in [1.29, 1.82) is 0 Å². The van der Waals surface area contributed by atoms with E-state index in [1.54, 1.807) is 12.1 Å². The van der Waals surface area contributed by atoms with Crippen molar-refractivity contribution in [2.45, 2.75) is 52.5 Å². The molecule has 3 aromatic rings. The number of nitrogens with one attached hydrogen (secondary N) is 1. The predicted molar refractivity (Wildman–Crippen MR) is 129 cm³/mol. The monoisotopic (exact) mass is 468 g/mol. The minimum absolute atomic E-state index is 0.280. The molecule has 2 heterocycles. The van der Waals surface area contributed by atoms with Gasteiger partial charge in [-0.2, -0.15) is 0 Å². The summed E-state index contributed by atoms with van der Waals surface area (Å²) < 4.78 is 13.6. The maximum atomic E-state index is 13.0. The van der Waals surface area contributed by atoms with Gasteiger partial charge in [0.05, 0.1) is 18.2 Å². The minimum atomic E-state index is -0.280. The molecular weight excluding hydrogens is 440 g/mol. The first-order valence-corrected chi connectivity index (χ1v) is 11.9. The molecule has 0 saturated heterocycles. The summed E-state index contributed by atoms with van der Waals surface area (Å²) in [5.41, 5.74) is 1.99. The lowest BCUT2D eigenvalue weighted by Crippen LogP contribution is -2.13. The average molecular weight is 469 g/mol. The Kier molecular flexibility index (Phi) is 7.50. The largest absolute Gasteiger partial charge is 0.490 e. The van der Waals surface area contributed by atoms with Gasteiger partial charge in [0.1, 0.15) is 5.82 Å². The summed E-state index contributed by atoms with van der Waals surface area (Å²) in [4.78, 5) is 13.0. The highest BCUT2D eigenvalue weighted by molar-refractivity contribution is 6.32. The van der Waals surface area contributed by atoms with Gasteiger partial charge < -0.3 is 19.4 Å². The molecule has 1 aliphatic heterocycles. The number of aromatic nitrogens is 3. The molecule has 174 valence electrons. The van der Waals surface area contributed by atoms with Crippen molar-refractivity contribution in [2.24, 2.45) is 0 Å². The molecule has 2 aromatic carbocycles. The average Bonchev–Trinajstić information content (AvgIpc) is 3.07. The second kappa shape index (κ2) is 10.7. The van der Waals surface area contributed by atoms with Crippen molar-refractivity contribution < 1.29 is 14.3 Å². The lowest BCUT2D eigenvalue weighted by molar-refractivity contribution is 0.102. The van der Waals surface area contributed by atoms with E-state index in [4.69, 9.17) is 21.1 Å². The highest BCUT2D eigenvalue weighted by Crippen LogP contribution is 2.37. The molecule has 7 nitrogen and oxygen atoms in total. The lowest BCUT2D eigenvalue weighted by atomic mass is 10.1. The summed E-state index contributed by atoms with van der Waals surface area (Å²) in [5, 5.41) is 12.1. The van der Waals surface area contributed by atoms with Crippen LogP contribution in [0.1, 0.15) is 55.7 Å². The first-order valence-electron chi connectivity index (χ1n) is 11.5. The molecule has 1 N–H and O–H groups in total. The zero-order valence-corrected chi connectivity index (χ0v) is 19.8. The van der Waals surface area contributed by atoms with Gasteiger partial charge in [0.15, 0.2) is 17.3 Å². The number of fused-ring (bicyclic) bond motifs is 1. The van der Waals surface area contributed by atoms with Crippen LogP contribution in [0.5, 0.6) is 11.5 Å². The van der Waals surface area contributed by atoms with Crippen LogP contribution in [0.2, 0.25) is 5.02 Å². The number of ether oxygens (including phenoxy) is 2. The number of aryl methyl sites for hydroxylation is 1. The quantitative estimate of drug-likeness (QED) is 0.454. The summed E-state index contributed by atoms with van der Waals surface area (Å²) in [6.45, 7) is 5.76. The van der Waals surface area contributed by atoms with E-state index in [0.29, 0.717) is 41.0 Å². The maximum Gasteiger partial charge on any atom is 0.255 e. The molecule has 0 fully saturated rings. The van der Waals surface area contributed by atoms with Crippen LogP contribution >= 0.6 is 11.6 Å². The lowest BCUT2D eigenvalue weighted by Gasteiger charge is -2.15. The first-order chi connectivity index (χ1) is 16.1. The Morgan fingerprint density at radius 1 is 1.12 bits per heavy atom. The molecule has 0 saturated carbocycles. The Morgan fingerprint density at radius 2 is 2.00 bits per heavy atom. The molecule has 0 spiro atoms. The second-order valence-electron chi connectivity index (χ2n) is 8.00. The number of carbonyl (C=O) groups is 1. The number of nitrogens with zero attached hydrogens (tertiary/aromatic N) is 3. The molecule has 0 aliphatic carbocycles. The summed E-state index contributed by atoms with van der Waals surface area (Å²) in [6.07, 6.45) is 5.26. The van der Waals surface area contributed by atoms with Crippen LogP contribution in [-0.4, -0.2) is 33.9 Å². The van der Waals surface area contributed by atoms with Gasteiger partial charge in [-0.25, -0.2) is 0 Å². The van der Waals surface area contributed by atoms with Crippen molar-refractivity contribution in [3.05, 3.63) is 52.8 Å². The van der Waals surface area contributed by atoms with Gasteiger partial charge in [0.25, 0.3) is 5.91 Å². The van der Waals surface area contributed by atoms with Gasteiger partial charge in [0, 0.05) is 29.8 Å². The molecule has 4 rings (SSSR count). The van der Waals surface area contributed by atoms with Crippen LogP contribution in [0.15, 0.2) is 36.4 Å². The van der Waals surface area contributed by atoms with Gasteiger partial charge in [-0.15, -0.1) is 10.2 Å². The van der Waals surface area contributed by atoms with E-state index in [2.05, 4.69) is 20.1 Å². The zero-order chi connectivity index (χ0) is 23.2. The highest BCUT2D eigenvalue weighted by atomic mass is 35.5. The van der Waals surface area contributed by atoms with Gasteiger partial charge >= 0.3 is 0 Å². The Morgan fingerprint density at radius 3 is 2.82 bits per heavy atom. The van der Waals surface area contributed by atoms with E-state index in [9.17, 15) is 4.79 Å². The number of hydrogen-bond acceptors (Lipinski definition) is 5. The topological polar surface area (TPSA) is 78.3 Å². The van der Waals surface area contributed by atoms with E-state index < -0.39 is 0 Å². The molecule has 1 aromatic heterocycles. The van der Waals surface area contributed by atoms with Crippen molar-refractivity contribution in [3.63, 3.8) is 0 Å². The number of benzene rings is 2. The summed E-state index contributed by atoms with van der Waals surface area (Å²) >= 11 is 6.42. The smallest absolute Gasteiger partial charge is 0.255 e. The standard InChI is InChI=1S/C25H29ClN4O3/c1-3-13-33-23-20(26)15-18(16-21(23)32-4-2)25(31)27-19-10-8-9-17(14-19)24-29-28-22-11-6-5-7-12-30(22)24/h8-10,14-16H,3-7,11-13H2,1-2H3,(H,27,31). The number of rotatable bonds is 8. The van der Waals surface area contributed by atoms with Crippen molar-refractivity contribution in [2.75, 3.05) is 18.5 Å². The van der Waals surface area contributed by atoms with Crippen LogP contribution < -0.4 is 14.8 Å². The van der Waals surface area contributed by atoms with E-state index in [1.165, 1.54) is 6.42 Å². The summed E-state index contributed by atoms with van der Waals surface area (Å²) in [7, 11) is 0. The molecule has 0 radical (unpaired) electrons.